The maximum absolute atomic E-state index is 10.0. The van der Waals surface area contributed by atoms with Gasteiger partial charge in [-0.15, -0.1) is 0 Å². The van der Waals surface area contributed by atoms with Gasteiger partial charge in [0.25, 0.3) is 0 Å². The highest BCUT2D eigenvalue weighted by atomic mass is 16.3. The second-order valence-corrected chi connectivity index (χ2v) is 8.51. The first kappa shape index (κ1) is 14.0. The van der Waals surface area contributed by atoms with Gasteiger partial charge in [-0.25, -0.2) is 0 Å². The fourth-order valence-corrected chi connectivity index (χ4v) is 6.02. The lowest BCUT2D eigenvalue weighted by Gasteiger charge is -2.54. The van der Waals surface area contributed by atoms with Crippen LogP contribution in [-0.4, -0.2) is 17.3 Å². The van der Waals surface area contributed by atoms with Crippen LogP contribution in [0.2, 0.25) is 0 Å². The average Bonchev–Trinajstić information content (AvgIpc) is 2.76. The first-order valence-corrected chi connectivity index (χ1v) is 8.80. The maximum Gasteiger partial charge on any atom is 0.0578 e. The normalized spacial score (nSPS) is 52.4. The molecule has 0 aliphatic heterocycles. The molecule has 0 bridgehead atoms. The highest BCUT2D eigenvalue weighted by Crippen LogP contribution is 2.62. The van der Waals surface area contributed by atoms with Gasteiger partial charge in [0, 0.05) is 6.04 Å². The Kier molecular flexibility index (Phi) is 2.97. The SMILES string of the molecule is C[C@]12CC[C@H]3C(=CC=C4C[C@@H](O)CC[C@@]43C)[C@@H]1CC[C@@H]2N. The monoisotopic (exact) mass is 287 g/mol. The Morgan fingerprint density at radius 3 is 2.67 bits per heavy atom. The zero-order valence-corrected chi connectivity index (χ0v) is 13.4. The number of fused-ring (bicyclic) bond motifs is 5. The molecule has 0 saturated heterocycles. The molecule has 0 radical (unpaired) electrons. The van der Waals surface area contributed by atoms with Gasteiger partial charge in [-0.05, 0) is 67.6 Å². The van der Waals surface area contributed by atoms with Crippen LogP contribution in [0.3, 0.4) is 0 Å². The van der Waals surface area contributed by atoms with Crippen molar-refractivity contribution in [2.75, 3.05) is 0 Å². The lowest BCUT2D eigenvalue weighted by molar-refractivity contribution is 0.0548. The Balaban J connectivity index is 1.74. The molecule has 3 fully saturated rings. The maximum atomic E-state index is 10.0. The number of allylic oxidation sites excluding steroid dienone is 3. The molecule has 2 nitrogen and oxygen atoms in total. The van der Waals surface area contributed by atoms with Crippen LogP contribution in [-0.2, 0) is 0 Å². The molecule has 0 aromatic carbocycles. The second kappa shape index (κ2) is 4.45. The van der Waals surface area contributed by atoms with E-state index in [9.17, 15) is 5.11 Å². The van der Waals surface area contributed by atoms with E-state index >= 15 is 0 Å². The molecule has 116 valence electrons. The van der Waals surface area contributed by atoms with Crippen LogP contribution in [0.15, 0.2) is 23.3 Å². The van der Waals surface area contributed by atoms with Crippen LogP contribution >= 0.6 is 0 Å². The van der Waals surface area contributed by atoms with Gasteiger partial charge in [-0.3, -0.25) is 0 Å². The number of aliphatic hydroxyl groups excluding tert-OH is 1. The summed E-state index contributed by atoms with van der Waals surface area (Å²) in [4.78, 5) is 0. The zero-order valence-electron chi connectivity index (χ0n) is 13.4. The number of hydrogen-bond donors (Lipinski definition) is 2. The average molecular weight is 287 g/mol. The number of hydrogen-bond acceptors (Lipinski definition) is 2. The summed E-state index contributed by atoms with van der Waals surface area (Å²) in [7, 11) is 0. The summed E-state index contributed by atoms with van der Waals surface area (Å²) >= 11 is 0. The lowest BCUT2D eigenvalue weighted by Crippen LogP contribution is -2.48. The van der Waals surface area contributed by atoms with E-state index in [1.165, 1.54) is 31.3 Å². The van der Waals surface area contributed by atoms with Crippen molar-refractivity contribution < 1.29 is 5.11 Å². The highest BCUT2D eigenvalue weighted by Gasteiger charge is 2.55. The van der Waals surface area contributed by atoms with E-state index in [1.807, 2.05) is 0 Å². The van der Waals surface area contributed by atoms with Gasteiger partial charge < -0.3 is 10.8 Å². The Bertz CT molecular complexity index is 522. The van der Waals surface area contributed by atoms with Crippen molar-refractivity contribution in [2.45, 2.75) is 70.9 Å². The summed E-state index contributed by atoms with van der Waals surface area (Å²) in [6.45, 7) is 4.89. The van der Waals surface area contributed by atoms with E-state index in [-0.39, 0.29) is 6.10 Å². The lowest BCUT2D eigenvalue weighted by atomic mass is 9.51. The molecule has 3 N–H and O–H groups in total. The predicted octanol–water partition coefficient (Wildman–Crippen LogP) is 3.56. The molecule has 3 saturated carbocycles. The van der Waals surface area contributed by atoms with Crippen LogP contribution in [0, 0.1) is 22.7 Å². The van der Waals surface area contributed by atoms with Gasteiger partial charge in [0.05, 0.1) is 6.10 Å². The van der Waals surface area contributed by atoms with E-state index in [2.05, 4.69) is 26.0 Å². The molecule has 0 aromatic heterocycles. The fraction of sp³-hybridized carbons (Fsp3) is 0.789. The van der Waals surface area contributed by atoms with Crippen LogP contribution in [0.5, 0.6) is 0 Å². The minimum Gasteiger partial charge on any atom is -0.393 e. The number of aliphatic hydroxyl groups is 1. The van der Waals surface area contributed by atoms with Crippen LogP contribution in [0.1, 0.15) is 58.8 Å². The topological polar surface area (TPSA) is 46.2 Å². The first-order valence-electron chi connectivity index (χ1n) is 8.80. The van der Waals surface area contributed by atoms with E-state index in [0.29, 0.717) is 28.7 Å². The van der Waals surface area contributed by atoms with E-state index in [4.69, 9.17) is 5.73 Å². The summed E-state index contributed by atoms with van der Waals surface area (Å²) in [5.74, 6) is 1.40. The van der Waals surface area contributed by atoms with Crippen molar-refractivity contribution in [3.8, 4) is 0 Å². The van der Waals surface area contributed by atoms with Crippen molar-refractivity contribution in [1.29, 1.82) is 0 Å². The third kappa shape index (κ3) is 1.78. The van der Waals surface area contributed by atoms with Crippen LogP contribution < -0.4 is 5.73 Å². The summed E-state index contributed by atoms with van der Waals surface area (Å²) in [6, 6.07) is 0.385. The van der Waals surface area contributed by atoms with Gasteiger partial charge in [0.1, 0.15) is 0 Å². The van der Waals surface area contributed by atoms with E-state index in [0.717, 1.165) is 19.3 Å². The molecule has 0 aromatic rings. The molecule has 0 amide bonds. The first-order chi connectivity index (χ1) is 9.95. The van der Waals surface area contributed by atoms with Crippen molar-refractivity contribution in [2.24, 2.45) is 28.4 Å². The second-order valence-electron chi connectivity index (χ2n) is 8.51. The number of nitrogens with two attached hydrogens (primary N) is 1. The van der Waals surface area contributed by atoms with Crippen LogP contribution in [0.25, 0.3) is 0 Å². The fourth-order valence-electron chi connectivity index (χ4n) is 6.02. The standard InChI is InChI=1S/C19H29NO/c1-18-9-7-13(21)11-12(18)3-4-14-15-5-6-17(20)19(15,2)10-8-16(14)18/h3-4,13,15-17,21H,5-11,20H2,1-2H3/t13-,15-,16-,17-,18-,19-/m0/s1. The molecule has 21 heavy (non-hydrogen) atoms. The Labute approximate surface area is 128 Å². The predicted molar refractivity (Wildman–Crippen MR) is 85.7 cm³/mol. The minimum absolute atomic E-state index is 0.118. The Hall–Kier alpha value is -0.600. The molecule has 2 heteroatoms. The summed E-state index contributed by atoms with van der Waals surface area (Å²) < 4.78 is 0. The summed E-state index contributed by atoms with van der Waals surface area (Å²) in [6.07, 6.45) is 12.7. The smallest absolute Gasteiger partial charge is 0.0578 e. The van der Waals surface area contributed by atoms with Crippen molar-refractivity contribution >= 4 is 0 Å². The molecule has 0 unspecified atom stereocenters. The van der Waals surface area contributed by atoms with Crippen molar-refractivity contribution in [3.63, 3.8) is 0 Å². The summed E-state index contributed by atoms with van der Waals surface area (Å²) in [5.41, 5.74) is 10.3. The Morgan fingerprint density at radius 2 is 1.86 bits per heavy atom. The van der Waals surface area contributed by atoms with Gasteiger partial charge in [0.2, 0.25) is 0 Å². The molecular formula is C19H29NO. The molecule has 4 rings (SSSR count). The van der Waals surface area contributed by atoms with Crippen molar-refractivity contribution in [1.82, 2.24) is 0 Å². The van der Waals surface area contributed by atoms with Gasteiger partial charge in [-0.1, -0.05) is 37.1 Å². The van der Waals surface area contributed by atoms with Gasteiger partial charge in [0.15, 0.2) is 0 Å². The van der Waals surface area contributed by atoms with Crippen LogP contribution in [0.4, 0.5) is 0 Å². The highest BCUT2D eigenvalue weighted by molar-refractivity contribution is 5.39. The minimum atomic E-state index is -0.118. The third-order valence-electron chi connectivity index (χ3n) is 7.62. The van der Waals surface area contributed by atoms with E-state index < -0.39 is 0 Å². The molecule has 6 atom stereocenters. The van der Waals surface area contributed by atoms with Crippen molar-refractivity contribution in [3.05, 3.63) is 23.3 Å². The molecule has 0 heterocycles. The van der Waals surface area contributed by atoms with Gasteiger partial charge in [-0.2, -0.15) is 0 Å². The quantitative estimate of drug-likeness (QED) is 0.715. The molecule has 0 spiro atoms. The summed E-state index contributed by atoms with van der Waals surface area (Å²) in [5, 5.41) is 10.0. The molecule has 4 aliphatic carbocycles. The zero-order chi connectivity index (χ0) is 14.8. The Morgan fingerprint density at radius 1 is 1.05 bits per heavy atom. The third-order valence-corrected chi connectivity index (χ3v) is 7.62. The molecule has 4 aliphatic rings. The number of rotatable bonds is 0. The van der Waals surface area contributed by atoms with E-state index in [1.54, 1.807) is 5.57 Å². The van der Waals surface area contributed by atoms with Gasteiger partial charge >= 0.3 is 0 Å². The largest absolute Gasteiger partial charge is 0.393 e. The molecular weight excluding hydrogens is 258 g/mol.